The number of benzene rings is 2. The molecule has 4 rings (SSSR count). The summed E-state index contributed by atoms with van der Waals surface area (Å²) in [6, 6.07) is 18.8. The molecule has 0 aliphatic rings. The molecule has 6 nitrogen and oxygen atoms in total. The number of nitrogens with zero attached hydrogens (tertiary/aromatic N) is 3. The molecule has 0 saturated carbocycles. The third-order valence-corrected chi connectivity index (χ3v) is 5.08. The molecule has 0 spiro atoms. The second-order valence-corrected chi connectivity index (χ2v) is 7.16. The van der Waals surface area contributed by atoms with E-state index in [-0.39, 0.29) is 0 Å². The van der Waals surface area contributed by atoms with Crippen LogP contribution in [0.15, 0.2) is 78.2 Å². The molecule has 0 unspecified atom stereocenters. The first kappa shape index (κ1) is 19.8. The molecule has 6 heteroatoms. The van der Waals surface area contributed by atoms with E-state index in [1.807, 2.05) is 16.9 Å². The van der Waals surface area contributed by atoms with Crippen molar-refractivity contribution < 1.29 is 0 Å². The first-order chi connectivity index (χ1) is 14.8. The molecule has 0 saturated heterocycles. The molecule has 2 heterocycles. The predicted molar refractivity (Wildman–Crippen MR) is 123 cm³/mol. The minimum Gasteiger partial charge on any atom is -0.361 e. The number of aromatic nitrogens is 3. The van der Waals surface area contributed by atoms with Crippen molar-refractivity contribution in [1.29, 1.82) is 0 Å². The van der Waals surface area contributed by atoms with Crippen LogP contribution in [0.1, 0.15) is 18.1 Å². The van der Waals surface area contributed by atoms with E-state index in [9.17, 15) is 0 Å². The van der Waals surface area contributed by atoms with Crippen molar-refractivity contribution in [1.82, 2.24) is 25.4 Å². The predicted octanol–water partition coefficient (Wildman–Crippen LogP) is 3.69. The van der Waals surface area contributed by atoms with Gasteiger partial charge in [-0.1, -0.05) is 30.3 Å². The van der Waals surface area contributed by atoms with Crippen molar-refractivity contribution in [3.63, 3.8) is 0 Å². The molecule has 2 aromatic carbocycles. The molecule has 0 amide bonds. The monoisotopic (exact) mass is 400 g/mol. The van der Waals surface area contributed by atoms with Crippen LogP contribution in [0.4, 0.5) is 0 Å². The lowest BCUT2D eigenvalue weighted by Crippen LogP contribution is -2.38. The standard InChI is InChI=1S/C24H28N6/c1-2-25-24(27-16-13-20-18-28-23-7-4-3-6-22(20)23)26-15-12-19-8-10-21(11-9-19)30-17-5-14-29-30/h3-11,14,17-18,28H,2,12-13,15-16H2,1H3,(H2,25,26,27). The fraction of sp³-hybridized carbons (Fsp3) is 0.250. The van der Waals surface area contributed by atoms with Crippen molar-refractivity contribution >= 4 is 16.9 Å². The fourth-order valence-corrected chi connectivity index (χ4v) is 3.53. The van der Waals surface area contributed by atoms with Crippen LogP contribution in [-0.4, -0.2) is 40.4 Å². The zero-order valence-electron chi connectivity index (χ0n) is 17.3. The van der Waals surface area contributed by atoms with Crippen LogP contribution in [0.3, 0.4) is 0 Å². The van der Waals surface area contributed by atoms with Crippen molar-refractivity contribution in [3.8, 4) is 5.69 Å². The zero-order valence-corrected chi connectivity index (χ0v) is 17.3. The Morgan fingerprint density at radius 2 is 1.90 bits per heavy atom. The number of hydrogen-bond acceptors (Lipinski definition) is 2. The third-order valence-electron chi connectivity index (χ3n) is 5.08. The number of guanidine groups is 1. The van der Waals surface area contributed by atoms with E-state index < -0.39 is 0 Å². The maximum Gasteiger partial charge on any atom is 0.191 e. The van der Waals surface area contributed by atoms with Gasteiger partial charge in [-0.3, -0.25) is 4.99 Å². The number of aliphatic imine (C=N–C) groups is 1. The van der Waals surface area contributed by atoms with Gasteiger partial charge in [-0.05, 0) is 55.2 Å². The Bertz CT molecular complexity index is 1080. The highest BCUT2D eigenvalue weighted by Crippen LogP contribution is 2.18. The van der Waals surface area contributed by atoms with E-state index in [0.717, 1.165) is 44.1 Å². The normalized spacial score (nSPS) is 11.7. The highest BCUT2D eigenvalue weighted by molar-refractivity contribution is 5.83. The Hall–Kier alpha value is -3.54. The minimum atomic E-state index is 0.746. The van der Waals surface area contributed by atoms with E-state index in [1.165, 1.54) is 22.0 Å². The topological polar surface area (TPSA) is 70.0 Å². The number of fused-ring (bicyclic) bond motifs is 1. The molecular formula is C24H28N6. The third kappa shape index (κ3) is 4.89. The average Bonchev–Trinajstić information content (AvgIpc) is 3.45. The number of hydrogen-bond donors (Lipinski definition) is 3. The highest BCUT2D eigenvalue weighted by atomic mass is 15.3. The van der Waals surface area contributed by atoms with Crippen molar-refractivity contribution in [2.45, 2.75) is 19.8 Å². The molecule has 30 heavy (non-hydrogen) atoms. The van der Waals surface area contributed by atoms with Gasteiger partial charge in [0, 0.05) is 49.1 Å². The Labute approximate surface area is 177 Å². The summed E-state index contributed by atoms with van der Waals surface area (Å²) in [7, 11) is 0. The largest absolute Gasteiger partial charge is 0.361 e. The van der Waals surface area contributed by atoms with Crippen LogP contribution >= 0.6 is 0 Å². The molecule has 3 N–H and O–H groups in total. The van der Waals surface area contributed by atoms with Crippen molar-refractivity contribution in [2.24, 2.45) is 4.99 Å². The molecule has 154 valence electrons. The van der Waals surface area contributed by atoms with E-state index >= 15 is 0 Å². The van der Waals surface area contributed by atoms with Crippen molar-refractivity contribution in [3.05, 3.63) is 84.3 Å². The van der Waals surface area contributed by atoms with Gasteiger partial charge >= 0.3 is 0 Å². The highest BCUT2D eigenvalue weighted by Gasteiger charge is 2.03. The van der Waals surface area contributed by atoms with Crippen LogP contribution < -0.4 is 10.6 Å². The lowest BCUT2D eigenvalue weighted by molar-refractivity contribution is 0.796. The van der Waals surface area contributed by atoms with Crippen LogP contribution in [0.25, 0.3) is 16.6 Å². The van der Waals surface area contributed by atoms with E-state index in [1.54, 1.807) is 6.20 Å². The average molecular weight is 401 g/mol. The van der Waals surface area contributed by atoms with Crippen LogP contribution in [-0.2, 0) is 12.8 Å². The lowest BCUT2D eigenvalue weighted by Gasteiger charge is -2.11. The van der Waals surface area contributed by atoms with Gasteiger partial charge < -0.3 is 15.6 Å². The second-order valence-electron chi connectivity index (χ2n) is 7.16. The summed E-state index contributed by atoms with van der Waals surface area (Å²) in [6.07, 6.45) is 7.68. The number of nitrogens with one attached hydrogen (secondary N) is 3. The summed E-state index contributed by atoms with van der Waals surface area (Å²) in [5, 5.41) is 12.3. The summed E-state index contributed by atoms with van der Waals surface area (Å²) < 4.78 is 1.87. The summed E-state index contributed by atoms with van der Waals surface area (Å²) in [4.78, 5) is 8.07. The van der Waals surface area contributed by atoms with Gasteiger partial charge in [0.05, 0.1) is 5.69 Å². The van der Waals surface area contributed by atoms with Crippen LogP contribution in [0.2, 0.25) is 0 Å². The Kier molecular flexibility index (Phi) is 6.44. The minimum absolute atomic E-state index is 0.746. The molecule has 0 atom stereocenters. The van der Waals surface area contributed by atoms with Gasteiger partial charge in [-0.2, -0.15) is 5.10 Å². The number of para-hydroxylation sites is 1. The van der Waals surface area contributed by atoms with Crippen LogP contribution in [0.5, 0.6) is 0 Å². The number of aromatic amines is 1. The van der Waals surface area contributed by atoms with Gasteiger partial charge in [0.1, 0.15) is 0 Å². The van der Waals surface area contributed by atoms with E-state index in [4.69, 9.17) is 4.99 Å². The number of rotatable bonds is 8. The Balaban J connectivity index is 1.29. The summed E-state index contributed by atoms with van der Waals surface area (Å²) in [6.45, 7) is 4.51. The smallest absolute Gasteiger partial charge is 0.191 e. The zero-order chi connectivity index (χ0) is 20.6. The van der Waals surface area contributed by atoms with Gasteiger partial charge in [-0.25, -0.2) is 4.68 Å². The van der Waals surface area contributed by atoms with E-state index in [0.29, 0.717) is 0 Å². The number of H-pyrrole nitrogens is 1. The van der Waals surface area contributed by atoms with Gasteiger partial charge in [0.2, 0.25) is 0 Å². The maximum atomic E-state index is 4.74. The second kappa shape index (κ2) is 9.78. The fourth-order valence-electron chi connectivity index (χ4n) is 3.53. The van der Waals surface area contributed by atoms with Crippen molar-refractivity contribution in [2.75, 3.05) is 19.6 Å². The van der Waals surface area contributed by atoms with Gasteiger partial charge in [-0.15, -0.1) is 0 Å². The molecule has 0 aliphatic carbocycles. The molecule has 2 aromatic heterocycles. The molecule has 4 aromatic rings. The first-order valence-corrected chi connectivity index (χ1v) is 10.5. The molecular weight excluding hydrogens is 372 g/mol. The molecule has 0 aliphatic heterocycles. The summed E-state index contributed by atoms with van der Waals surface area (Å²) in [5.74, 6) is 0.866. The van der Waals surface area contributed by atoms with Crippen LogP contribution in [0, 0.1) is 0 Å². The Morgan fingerprint density at radius 3 is 2.70 bits per heavy atom. The van der Waals surface area contributed by atoms with Gasteiger partial charge in [0.15, 0.2) is 5.96 Å². The van der Waals surface area contributed by atoms with Gasteiger partial charge in [0.25, 0.3) is 0 Å². The molecule has 0 bridgehead atoms. The first-order valence-electron chi connectivity index (χ1n) is 10.5. The molecule has 0 fully saturated rings. The SMILES string of the molecule is CCNC(=NCCc1c[nH]c2ccccc12)NCCc1ccc(-n2cccn2)cc1. The summed E-state index contributed by atoms with van der Waals surface area (Å²) >= 11 is 0. The Morgan fingerprint density at radius 1 is 1.03 bits per heavy atom. The maximum absolute atomic E-state index is 4.74. The quantitative estimate of drug-likeness (QED) is 0.312. The molecule has 0 radical (unpaired) electrons. The van der Waals surface area contributed by atoms with E-state index in [2.05, 4.69) is 82.4 Å². The summed E-state index contributed by atoms with van der Waals surface area (Å²) in [5.41, 5.74) is 4.85. The lowest BCUT2D eigenvalue weighted by atomic mass is 10.1.